The van der Waals surface area contributed by atoms with Crippen LogP contribution >= 0.6 is 0 Å². The number of nitrogens with one attached hydrogen (secondary N) is 1. The van der Waals surface area contributed by atoms with Gasteiger partial charge in [0.25, 0.3) is 0 Å². The second-order valence-corrected chi connectivity index (χ2v) is 8.64. The summed E-state index contributed by atoms with van der Waals surface area (Å²) in [6, 6.07) is 8.43. The molecule has 1 fully saturated rings. The number of aryl methyl sites for hydroxylation is 1. The lowest BCUT2D eigenvalue weighted by Crippen LogP contribution is -2.57. The first-order valence-corrected chi connectivity index (χ1v) is 10.3. The lowest BCUT2D eigenvalue weighted by atomic mass is 10.2. The van der Waals surface area contributed by atoms with Gasteiger partial charge < -0.3 is 24.4 Å². The Morgan fingerprint density at radius 3 is 2.93 bits per heavy atom. The monoisotopic (exact) mass is 398 g/mol. The third kappa shape index (κ3) is 4.46. The minimum absolute atomic E-state index is 0.230. The molecular formula is C21H30N6O2. The van der Waals surface area contributed by atoms with Gasteiger partial charge in [0.1, 0.15) is 5.60 Å². The molecule has 0 spiro atoms. The number of amides is 1. The van der Waals surface area contributed by atoms with Gasteiger partial charge in [-0.3, -0.25) is 4.99 Å². The van der Waals surface area contributed by atoms with Crippen molar-refractivity contribution in [3.05, 3.63) is 30.6 Å². The first-order valence-electron chi connectivity index (χ1n) is 10.3. The highest BCUT2D eigenvalue weighted by Gasteiger charge is 2.36. The topological polar surface area (TPSA) is 75.0 Å². The number of para-hydroxylation sites is 2. The number of aliphatic imine (C=N–C) groups is 1. The van der Waals surface area contributed by atoms with Gasteiger partial charge in [-0.1, -0.05) is 12.1 Å². The van der Waals surface area contributed by atoms with E-state index in [2.05, 4.69) is 30.8 Å². The van der Waals surface area contributed by atoms with Crippen molar-refractivity contribution >= 4 is 23.1 Å². The minimum atomic E-state index is -0.465. The molecule has 156 valence electrons. The van der Waals surface area contributed by atoms with Crippen LogP contribution in [0.1, 0.15) is 27.2 Å². The third-order valence-electron chi connectivity index (χ3n) is 5.24. The Hall–Kier alpha value is -2.77. The van der Waals surface area contributed by atoms with Gasteiger partial charge in [0.15, 0.2) is 5.96 Å². The zero-order chi connectivity index (χ0) is 20.4. The lowest BCUT2D eigenvalue weighted by molar-refractivity contribution is 0.0137. The SMILES string of the molecule is CC(C)(C)OC(=O)N1CCN2C(NCCCn3cnc4ccccc43)=NCC2C1. The van der Waals surface area contributed by atoms with Crippen LogP contribution in [-0.4, -0.2) is 75.8 Å². The van der Waals surface area contributed by atoms with E-state index in [1.54, 1.807) is 4.90 Å². The summed E-state index contributed by atoms with van der Waals surface area (Å²) in [7, 11) is 0. The van der Waals surface area contributed by atoms with Crippen molar-refractivity contribution in [3.63, 3.8) is 0 Å². The van der Waals surface area contributed by atoms with Gasteiger partial charge in [0.05, 0.1) is 29.9 Å². The highest BCUT2D eigenvalue weighted by Crippen LogP contribution is 2.18. The average molecular weight is 399 g/mol. The van der Waals surface area contributed by atoms with E-state index in [-0.39, 0.29) is 12.1 Å². The molecule has 1 saturated heterocycles. The summed E-state index contributed by atoms with van der Waals surface area (Å²) >= 11 is 0. The molecule has 1 atom stereocenters. The maximum absolute atomic E-state index is 12.3. The molecule has 1 aromatic carbocycles. The van der Waals surface area contributed by atoms with E-state index in [1.165, 1.54) is 5.52 Å². The number of piperazine rings is 1. The second-order valence-electron chi connectivity index (χ2n) is 8.64. The molecule has 29 heavy (non-hydrogen) atoms. The fourth-order valence-corrected chi connectivity index (χ4v) is 3.86. The van der Waals surface area contributed by atoms with Gasteiger partial charge in [0, 0.05) is 32.7 Å². The summed E-state index contributed by atoms with van der Waals surface area (Å²) < 4.78 is 7.70. The molecule has 1 aromatic heterocycles. The van der Waals surface area contributed by atoms with E-state index in [9.17, 15) is 4.79 Å². The van der Waals surface area contributed by atoms with Crippen molar-refractivity contribution < 1.29 is 9.53 Å². The predicted octanol–water partition coefficient (Wildman–Crippen LogP) is 2.31. The van der Waals surface area contributed by atoms with E-state index in [4.69, 9.17) is 4.74 Å². The van der Waals surface area contributed by atoms with Crippen molar-refractivity contribution in [2.24, 2.45) is 4.99 Å². The van der Waals surface area contributed by atoms with Gasteiger partial charge >= 0.3 is 6.09 Å². The first-order chi connectivity index (χ1) is 13.9. The highest BCUT2D eigenvalue weighted by atomic mass is 16.6. The standard InChI is InChI=1S/C21H30N6O2/c1-21(2,3)29-20(28)25-11-12-27-16(14-25)13-23-19(27)22-9-6-10-26-15-24-17-7-4-5-8-18(17)26/h4-5,7-8,15-16H,6,9-14H2,1-3H3,(H,22,23). The number of nitrogens with zero attached hydrogens (tertiary/aromatic N) is 5. The minimum Gasteiger partial charge on any atom is -0.444 e. The maximum atomic E-state index is 12.3. The van der Waals surface area contributed by atoms with Gasteiger partial charge in [-0.25, -0.2) is 9.78 Å². The van der Waals surface area contributed by atoms with Crippen LogP contribution in [0.25, 0.3) is 11.0 Å². The summed E-state index contributed by atoms with van der Waals surface area (Å²) in [6.07, 6.45) is 2.66. The van der Waals surface area contributed by atoms with E-state index >= 15 is 0 Å². The van der Waals surface area contributed by atoms with Gasteiger partial charge in [-0.05, 0) is 39.3 Å². The molecule has 0 aliphatic carbocycles. The molecule has 0 saturated carbocycles. The van der Waals surface area contributed by atoms with E-state index < -0.39 is 5.60 Å². The van der Waals surface area contributed by atoms with Crippen molar-refractivity contribution in [1.82, 2.24) is 24.7 Å². The predicted molar refractivity (Wildman–Crippen MR) is 113 cm³/mol. The molecule has 3 heterocycles. The van der Waals surface area contributed by atoms with Crippen LogP contribution < -0.4 is 5.32 Å². The molecular weight excluding hydrogens is 368 g/mol. The largest absolute Gasteiger partial charge is 0.444 e. The summed E-state index contributed by atoms with van der Waals surface area (Å²) in [4.78, 5) is 25.5. The normalized spacial score (nSPS) is 19.3. The maximum Gasteiger partial charge on any atom is 0.410 e. The summed E-state index contributed by atoms with van der Waals surface area (Å²) in [6.45, 7) is 10.3. The Morgan fingerprint density at radius 2 is 2.10 bits per heavy atom. The molecule has 1 N–H and O–H groups in total. The Balaban J connectivity index is 1.23. The third-order valence-corrected chi connectivity index (χ3v) is 5.24. The molecule has 8 heteroatoms. The molecule has 8 nitrogen and oxygen atoms in total. The molecule has 1 unspecified atom stereocenters. The number of fused-ring (bicyclic) bond motifs is 2. The summed E-state index contributed by atoms with van der Waals surface area (Å²) in [5.74, 6) is 0.953. The molecule has 1 amide bonds. The number of rotatable bonds is 4. The zero-order valence-corrected chi connectivity index (χ0v) is 17.5. The molecule has 0 radical (unpaired) electrons. The van der Waals surface area contributed by atoms with Crippen LogP contribution in [0.15, 0.2) is 35.6 Å². The summed E-state index contributed by atoms with van der Waals surface area (Å²) in [5, 5.41) is 3.48. The van der Waals surface area contributed by atoms with E-state index in [0.717, 1.165) is 37.5 Å². The Bertz CT molecular complexity index is 900. The van der Waals surface area contributed by atoms with Crippen LogP contribution in [0.3, 0.4) is 0 Å². The van der Waals surface area contributed by atoms with Crippen LogP contribution in [0.2, 0.25) is 0 Å². The second kappa shape index (κ2) is 7.93. The molecule has 2 aromatic rings. The summed E-state index contributed by atoms with van der Waals surface area (Å²) in [5.41, 5.74) is 1.74. The zero-order valence-electron chi connectivity index (χ0n) is 17.5. The van der Waals surface area contributed by atoms with Gasteiger partial charge in [-0.2, -0.15) is 0 Å². The number of benzene rings is 1. The lowest BCUT2D eigenvalue weighted by Gasteiger charge is -2.39. The van der Waals surface area contributed by atoms with Crippen LogP contribution in [0, 0.1) is 0 Å². The first kappa shape index (κ1) is 19.5. The number of carbonyl (C=O) groups excluding carboxylic acids is 1. The Kier molecular flexibility index (Phi) is 5.34. The van der Waals surface area contributed by atoms with E-state index in [0.29, 0.717) is 19.6 Å². The van der Waals surface area contributed by atoms with Crippen molar-refractivity contribution in [3.8, 4) is 0 Å². The molecule has 2 aliphatic heterocycles. The number of ether oxygens (including phenoxy) is 1. The fraction of sp³-hybridized carbons (Fsp3) is 0.571. The van der Waals surface area contributed by atoms with Crippen LogP contribution in [0.5, 0.6) is 0 Å². The Morgan fingerprint density at radius 1 is 1.28 bits per heavy atom. The fourth-order valence-electron chi connectivity index (χ4n) is 3.86. The average Bonchev–Trinajstić information content (AvgIpc) is 3.27. The molecule has 4 rings (SSSR count). The number of hydrogen-bond acceptors (Lipinski definition) is 6. The number of imidazole rings is 1. The number of carbonyl (C=O) groups is 1. The van der Waals surface area contributed by atoms with Crippen LogP contribution in [-0.2, 0) is 11.3 Å². The van der Waals surface area contributed by atoms with E-state index in [1.807, 2.05) is 45.3 Å². The van der Waals surface area contributed by atoms with Crippen molar-refractivity contribution in [2.75, 3.05) is 32.7 Å². The molecule has 0 bridgehead atoms. The number of aromatic nitrogens is 2. The number of guanidine groups is 1. The van der Waals surface area contributed by atoms with Crippen molar-refractivity contribution in [2.45, 2.75) is 45.4 Å². The molecule has 2 aliphatic rings. The van der Waals surface area contributed by atoms with Gasteiger partial charge in [0.2, 0.25) is 0 Å². The number of hydrogen-bond donors (Lipinski definition) is 1. The highest BCUT2D eigenvalue weighted by molar-refractivity contribution is 5.82. The smallest absolute Gasteiger partial charge is 0.410 e. The Labute approximate surface area is 171 Å². The quantitative estimate of drug-likeness (QED) is 0.800. The van der Waals surface area contributed by atoms with Crippen LogP contribution in [0.4, 0.5) is 4.79 Å². The van der Waals surface area contributed by atoms with Crippen molar-refractivity contribution in [1.29, 1.82) is 0 Å². The van der Waals surface area contributed by atoms with Gasteiger partial charge in [-0.15, -0.1) is 0 Å².